The van der Waals surface area contributed by atoms with Gasteiger partial charge in [-0.3, -0.25) is 20.5 Å². The van der Waals surface area contributed by atoms with E-state index in [9.17, 15) is 4.79 Å². The molecule has 1 atom stereocenters. The number of aromatic nitrogens is 1. The van der Waals surface area contributed by atoms with E-state index in [4.69, 9.17) is 15.6 Å². The van der Waals surface area contributed by atoms with E-state index in [0.29, 0.717) is 35.9 Å². The molecule has 0 fully saturated rings. The Labute approximate surface area is 189 Å². The zero-order chi connectivity index (χ0) is 23.4. The Balaban J connectivity index is 1.95. The Kier molecular flexibility index (Phi) is 7.25. The van der Waals surface area contributed by atoms with E-state index in [0.717, 1.165) is 23.9 Å². The van der Waals surface area contributed by atoms with Crippen molar-refractivity contribution in [3.63, 3.8) is 0 Å². The summed E-state index contributed by atoms with van der Waals surface area (Å²) in [5.41, 5.74) is 3.03. The molecule has 2 aromatic rings. The van der Waals surface area contributed by atoms with E-state index >= 15 is 0 Å². The van der Waals surface area contributed by atoms with Crippen LogP contribution in [0.2, 0.25) is 0 Å². The third-order valence-electron chi connectivity index (χ3n) is 5.56. The minimum absolute atomic E-state index is 0.00612. The average Bonchev–Trinajstić information content (AvgIpc) is 3.10. The van der Waals surface area contributed by atoms with Gasteiger partial charge in [-0.2, -0.15) is 0 Å². The minimum Gasteiger partial charge on any atom is -0.491 e. The van der Waals surface area contributed by atoms with Crippen LogP contribution < -0.4 is 15.0 Å². The Bertz CT molecular complexity index is 1020. The molecule has 1 aliphatic rings. The van der Waals surface area contributed by atoms with Crippen LogP contribution in [0.4, 0.5) is 5.82 Å². The SMILES string of the molecule is CCC(C)N(C=N)C(=N)c1cccc(N2Cc3c(CNC)cc(OC(C)C)cc3C2=O)n1. The summed E-state index contributed by atoms with van der Waals surface area (Å²) >= 11 is 0. The molecule has 0 spiro atoms. The molecule has 8 heteroatoms. The number of amidine groups is 1. The summed E-state index contributed by atoms with van der Waals surface area (Å²) in [6, 6.07) is 9.11. The van der Waals surface area contributed by atoms with Crippen molar-refractivity contribution in [3.8, 4) is 5.75 Å². The standard InChI is InChI=1S/C24H32N6O2/c1-6-16(4)30(14-25)23(26)21-8-7-9-22(28-21)29-13-20-17(12-27-5)10-18(32-15(2)3)11-19(20)24(29)31/h7-11,14-16,25-27H,6,12-13H2,1-5H3. The normalized spacial score (nSPS) is 13.8. The second-order valence-corrected chi connectivity index (χ2v) is 8.22. The number of nitrogens with zero attached hydrogens (tertiary/aromatic N) is 3. The van der Waals surface area contributed by atoms with Crippen LogP contribution in [0.15, 0.2) is 30.3 Å². The highest BCUT2D eigenvalue weighted by Gasteiger charge is 2.32. The molecule has 170 valence electrons. The Morgan fingerprint density at radius 2 is 2.09 bits per heavy atom. The Morgan fingerprint density at radius 3 is 2.72 bits per heavy atom. The van der Waals surface area contributed by atoms with E-state index in [-0.39, 0.29) is 23.9 Å². The van der Waals surface area contributed by atoms with E-state index in [1.54, 1.807) is 28.0 Å². The summed E-state index contributed by atoms with van der Waals surface area (Å²) in [6.45, 7) is 8.93. The number of anilines is 1. The van der Waals surface area contributed by atoms with Crippen molar-refractivity contribution >= 4 is 23.9 Å². The molecule has 1 unspecified atom stereocenters. The fourth-order valence-corrected chi connectivity index (χ4v) is 3.78. The third kappa shape index (κ3) is 4.65. The first-order valence-corrected chi connectivity index (χ1v) is 10.9. The maximum atomic E-state index is 13.3. The first-order valence-electron chi connectivity index (χ1n) is 10.9. The largest absolute Gasteiger partial charge is 0.491 e. The monoisotopic (exact) mass is 436 g/mol. The van der Waals surface area contributed by atoms with Gasteiger partial charge in [-0.25, -0.2) is 4.98 Å². The number of carbonyl (C=O) groups is 1. The predicted octanol–water partition coefficient (Wildman–Crippen LogP) is 3.78. The number of nitrogens with one attached hydrogen (secondary N) is 3. The van der Waals surface area contributed by atoms with Gasteiger partial charge in [0, 0.05) is 18.2 Å². The summed E-state index contributed by atoms with van der Waals surface area (Å²) in [5, 5.41) is 19.4. The topological polar surface area (TPSA) is 105 Å². The summed E-state index contributed by atoms with van der Waals surface area (Å²) in [5.74, 6) is 1.18. The molecule has 2 heterocycles. The Morgan fingerprint density at radius 1 is 1.34 bits per heavy atom. The fraction of sp³-hybridized carbons (Fsp3) is 0.417. The van der Waals surface area contributed by atoms with Crippen LogP contribution >= 0.6 is 0 Å². The highest BCUT2D eigenvalue weighted by atomic mass is 16.5. The molecule has 0 aliphatic carbocycles. The molecule has 0 bridgehead atoms. The average molecular weight is 437 g/mol. The maximum absolute atomic E-state index is 13.3. The Hall–Kier alpha value is -3.26. The van der Waals surface area contributed by atoms with E-state index < -0.39 is 0 Å². The van der Waals surface area contributed by atoms with Gasteiger partial charge >= 0.3 is 0 Å². The second-order valence-electron chi connectivity index (χ2n) is 8.22. The van der Waals surface area contributed by atoms with Crippen LogP contribution in [-0.2, 0) is 13.1 Å². The fourth-order valence-electron chi connectivity index (χ4n) is 3.78. The van der Waals surface area contributed by atoms with Crippen molar-refractivity contribution in [1.82, 2.24) is 15.2 Å². The smallest absolute Gasteiger partial charge is 0.260 e. The molecule has 3 N–H and O–H groups in total. The lowest BCUT2D eigenvalue weighted by atomic mass is 10.0. The van der Waals surface area contributed by atoms with Gasteiger partial charge in [0.05, 0.1) is 19.0 Å². The van der Waals surface area contributed by atoms with Crippen LogP contribution in [0.25, 0.3) is 0 Å². The molecule has 0 saturated carbocycles. The summed E-state index contributed by atoms with van der Waals surface area (Å²) < 4.78 is 5.87. The van der Waals surface area contributed by atoms with Crippen molar-refractivity contribution < 1.29 is 9.53 Å². The molecule has 3 rings (SSSR count). The lowest BCUT2D eigenvalue weighted by Gasteiger charge is -2.26. The van der Waals surface area contributed by atoms with E-state index in [1.807, 2.05) is 46.9 Å². The number of benzene rings is 1. The molecule has 1 amide bonds. The summed E-state index contributed by atoms with van der Waals surface area (Å²) in [7, 11) is 1.87. The number of fused-ring (bicyclic) bond motifs is 1. The van der Waals surface area contributed by atoms with E-state index in [2.05, 4.69) is 10.3 Å². The van der Waals surface area contributed by atoms with E-state index in [1.165, 1.54) is 0 Å². The predicted molar refractivity (Wildman–Crippen MR) is 127 cm³/mol. The molecule has 0 saturated heterocycles. The quantitative estimate of drug-likeness (QED) is 0.410. The molecular weight excluding hydrogens is 404 g/mol. The van der Waals surface area contributed by atoms with Crippen LogP contribution in [0.1, 0.15) is 61.3 Å². The number of pyridine rings is 1. The van der Waals surface area contributed by atoms with Gasteiger partial charge in [-0.1, -0.05) is 13.0 Å². The van der Waals surface area contributed by atoms with Gasteiger partial charge < -0.3 is 15.0 Å². The van der Waals surface area contributed by atoms with Gasteiger partial charge in [-0.15, -0.1) is 0 Å². The molecule has 1 aromatic heterocycles. The maximum Gasteiger partial charge on any atom is 0.260 e. The van der Waals surface area contributed by atoms with Gasteiger partial charge in [0.1, 0.15) is 17.3 Å². The van der Waals surface area contributed by atoms with Crippen molar-refractivity contribution in [2.75, 3.05) is 11.9 Å². The number of ether oxygens (including phenoxy) is 1. The first-order chi connectivity index (χ1) is 15.3. The summed E-state index contributed by atoms with van der Waals surface area (Å²) in [4.78, 5) is 21.1. The zero-order valence-electron chi connectivity index (χ0n) is 19.4. The lowest BCUT2D eigenvalue weighted by molar-refractivity contribution is 0.0995. The van der Waals surface area contributed by atoms with Crippen LogP contribution in [0, 0.1) is 10.8 Å². The van der Waals surface area contributed by atoms with Gasteiger partial charge in [0.2, 0.25) is 0 Å². The highest BCUT2D eigenvalue weighted by molar-refractivity contribution is 6.10. The summed E-state index contributed by atoms with van der Waals surface area (Å²) in [6.07, 6.45) is 1.96. The van der Waals surface area contributed by atoms with Crippen LogP contribution in [0.3, 0.4) is 0 Å². The highest BCUT2D eigenvalue weighted by Crippen LogP contribution is 2.33. The van der Waals surface area contributed by atoms with Crippen molar-refractivity contribution in [3.05, 3.63) is 52.7 Å². The molecule has 0 radical (unpaired) electrons. The van der Waals surface area contributed by atoms with Crippen molar-refractivity contribution in [2.45, 2.75) is 59.4 Å². The van der Waals surface area contributed by atoms with Gasteiger partial charge in [0.25, 0.3) is 5.91 Å². The number of amides is 1. The van der Waals surface area contributed by atoms with Crippen molar-refractivity contribution in [2.24, 2.45) is 0 Å². The molecule has 8 nitrogen and oxygen atoms in total. The molecule has 32 heavy (non-hydrogen) atoms. The number of rotatable bonds is 9. The third-order valence-corrected chi connectivity index (χ3v) is 5.56. The number of hydrogen-bond acceptors (Lipinski definition) is 6. The molecule has 1 aliphatic heterocycles. The minimum atomic E-state index is -0.131. The molecule has 1 aromatic carbocycles. The van der Waals surface area contributed by atoms with Crippen LogP contribution in [-0.4, -0.2) is 47.2 Å². The van der Waals surface area contributed by atoms with Crippen molar-refractivity contribution in [1.29, 1.82) is 10.8 Å². The van der Waals surface area contributed by atoms with Gasteiger partial charge in [0.15, 0.2) is 5.84 Å². The lowest BCUT2D eigenvalue weighted by Crippen LogP contribution is -2.37. The number of carbonyl (C=O) groups excluding carboxylic acids is 1. The zero-order valence-corrected chi connectivity index (χ0v) is 19.4. The number of hydrogen-bond donors (Lipinski definition) is 3. The van der Waals surface area contributed by atoms with Gasteiger partial charge in [-0.05, 0) is 69.6 Å². The van der Waals surface area contributed by atoms with Crippen LogP contribution in [0.5, 0.6) is 5.75 Å². The first kappa shape index (κ1) is 23.4. The second kappa shape index (κ2) is 9.91. The molecular formula is C24H32N6O2.